The smallest absolute Gasteiger partial charge is 0.0788 e. The summed E-state index contributed by atoms with van der Waals surface area (Å²) in [5, 5.41) is 0. The van der Waals surface area contributed by atoms with E-state index in [1.807, 2.05) is 0 Å². The minimum absolute atomic E-state index is 0.0683. The predicted octanol–water partition coefficient (Wildman–Crippen LogP) is 2.02. The van der Waals surface area contributed by atoms with Crippen LogP contribution in [0.3, 0.4) is 0 Å². The van der Waals surface area contributed by atoms with Gasteiger partial charge in [-0.1, -0.05) is 0 Å². The van der Waals surface area contributed by atoms with Crippen molar-refractivity contribution >= 4 is 0 Å². The molecule has 0 amide bonds. The molecule has 0 radical (unpaired) electrons. The second-order valence-electron chi connectivity index (χ2n) is 8.32. The normalized spacial score (nSPS) is 39.9. The van der Waals surface area contributed by atoms with Crippen LogP contribution in [0.5, 0.6) is 0 Å². The summed E-state index contributed by atoms with van der Waals surface area (Å²) in [6.07, 6.45) is 0.272. The van der Waals surface area contributed by atoms with Crippen LogP contribution in [0.15, 0.2) is 0 Å². The van der Waals surface area contributed by atoms with E-state index in [1.54, 1.807) is 0 Å². The number of rotatable bonds is 2. The maximum atomic E-state index is 6.47. The molecule has 0 bridgehead atoms. The Morgan fingerprint density at radius 3 is 2.15 bits per heavy atom. The molecule has 4 nitrogen and oxygen atoms in total. The van der Waals surface area contributed by atoms with Gasteiger partial charge in [0.2, 0.25) is 0 Å². The lowest BCUT2D eigenvalue weighted by Gasteiger charge is -2.44. The Hall–Kier alpha value is -0.160. The van der Waals surface area contributed by atoms with Crippen LogP contribution in [-0.4, -0.2) is 53.5 Å². The largest absolute Gasteiger partial charge is 0.370 e. The summed E-state index contributed by atoms with van der Waals surface area (Å²) in [6, 6.07) is 0.0683. The summed E-state index contributed by atoms with van der Waals surface area (Å²) in [7, 11) is 0. The van der Waals surface area contributed by atoms with Crippen molar-refractivity contribution in [1.29, 1.82) is 0 Å². The Morgan fingerprint density at radius 2 is 1.70 bits per heavy atom. The first-order valence-corrected chi connectivity index (χ1v) is 7.79. The summed E-state index contributed by atoms with van der Waals surface area (Å²) in [5.41, 5.74) is 5.97. The van der Waals surface area contributed by atoms with E-state index in [1.165, 1.54) is 0 Å². The first-order chi connectivity index (χ1) is 8.93. The van der Waals surface area contributed by atoms with Crippen molar-refractivity contribution < 1.29 is 9.47 Å². The van der Waals surface area contributed by atoms with Gasteiger partial charge in [-0.05, 0) is 48.5 Å². The van der Waals surface area contributed by atoms with Gasteiger partial charge in [0.15, 0.2) is 0 Å². The van der Waals surface area contributed by atoms with E-state index in [9.17, 15) is 0 Å². The van der Waals surface area contributed by atoms with Gasteiger partial charge in [0.1, 0.15) is 0 Å². The standard InChI is InChI=1S/C16H32N2O2/c1-11-8-18(10-14(2,3)19-11)9-12-13(17)16(6,7)20-15(12,4)5/h11-13H,8-10,17H2,1-7H3. The second kappa shape index (κ2) is 4.94. The Bertz CT molecular complexity index is 365. The molecule has 0 aromatic heterocycles. The summed E-state index contributed by atoms with van der Waals surface area (Å²) >= 11 is 0. The molecule has 2 aliphatic rings. The lowest BCUT2D eigenvalue weighted by molar-refractivity contribution is -0.135. The zero-order valence-electron chi connectivity index (χ0n) is 14.2. The van der Waals surface area contributed by atoms with Crippen LogP contribution in [0.25, 0.3) is 0 Å². The third-order valence-corrected chi connectivity index (χ3v) is 4.75. The van der Waals surface area contributed by atoms with Crippen molar-refractivity contribution in [1.82, 2.24) is 4.90 Å². The third kappa shape index (κ3) is 3.19. The number of hydrogen-bond donors (Lipinski definition) is 1. The van der Waals surface area contributed by atoms with Gasteiger partial charge in [0.25, 0.3) is 0 Å². The van der Waals surface area contributed by atoms with Gasteiger partial charge < -0.3 is 15.2 Å². The third-order valence-electron chi connectivity index (χ3n) is 4.75. The monoisotopic (exact) mass is 284 g/mol. The molecule has 2 N–H and O–H groups in total. The lowest BCUT2D eigenvalue weighted by atomic mass is 9.82. The van der Waals surface area contributed by atoms with E-state index in [0.29, 0.717) is 5.92 Å². The maximum Gasteiger partial charge on any atom is 0.0788 e. The van der Waals surface area contributed by atoms with E-state index >= 15 is 0 Å². The molecule has 0 aromatic carbocycles. The summed E-state index contributed by atoms with van der Waals surface area (Å²) in [5.74, 6) is 0.346. The Labute approximate surface area is 124 Å². The van der Waals surface area contributed by atoms with E-state index in [4.69, 9.17) is 15.2 Å². The molecule has 2 aliphatic heterocycles. The van der Waals surface area contributed by atoms with Crippen molar-refractivity contribution in [2.75, 3.05) is 19.6 Å². The summed E-state index contributed by atoms with van der Waals surface area (Å²) in [6.45, 7) is 17.9. The van der Waals surface area contributed by atoms with Gasteiger partial charge in [-0.15, -0.1) is 0 Å². The van der Waals surface area contributed by atoms with E-state index in [-0.39, 0.29) is 28.9 Å². The fourth-order valence-corrected chi connectivity index (χ4v) is 4.08. The van der Waals surface area contributed by atoms with Crippen molar-refractivity contribution in [3.63, 3.8) is 0 Å². The average Bonchev–Trinajstić information content (AvgIpc) is 2.33. The molecule has 0 spiro atoms. The zero-order valence-corrected chi connectivity index (χ0v) is 14.2. The van der Waals surface area contributed by atoms with Crippen LogP contribution in [-0.2, 0) is 9.47 Å². The van der Waals surface area contributed by atoms with Crippen LogP contribution in [0.2, 0.25) is 0 Å². The van der Waals surface area contributed by atoms with Gasteiger partial charge in [-0.3, -0.25) is 4.90 Å². The maximum absolute atomic E-state index is 6.47. The van der Waals surface area contributed by atoms with E-state index < -0.39 is 0 Å². The predicted molar refractivity (Wildman–Crippen MR) is 81.8 cm³/mol. The van der Waals surface area contributed by atoms with Crippen molar-refractivity contribution in [2.24, 2.45) is 11.7 Å². The Kier molecular flexibility index (Phi) is 4.00. The van der Waals surface area contributed by atoms with E-state index in [0.717, 1.165) is 19.6 Å². The molecule has 0 aliphatic carbocycles. The van der Waals surface area contributed by atoms with Crippen LogP contribution < -0.4 is 5.73 Å². The highest BCUT2D eigenvalue weighted by atomic mass is 16.5. The highest BCUT2D eigenvalue weighted by Gasteiger charge is 2.52. The molecule has 2 rings (SSSR count). The fourth-order valence-electron chi connectivity index (χ4n) is 4.08. The molecule has 4 heteroatoms. The van der Waals surface area contributed by atoms with Gasteiger partial charge in [0.05, 0.1) is 22.9 Å². The zero-order chi connectivity index (χ0) is 15.3. The van der Waals surface area contributed by atoms with Gasteiger partial charge in [-0.25, -0.2) is 0 Å². The minimum Gasteiger partial charge on any atom is -0.370 e. The van der Waals surface area contributed by atoms with E-state index in [2.05, 4.69) is 53.4 Å². The number of nitrogens with two attached hydrogens (primary N) is 1. The Balaban J connectivity index is 2.09. The van der Waals surface area contributed by atoms with Gasteiger partial charge >= 0.3 is 0 Å². The SMILES string of the molecule is CC1CN(CC2C(N)C(C)(C)OC2(C)C)CC(C)(C)O1. The van der Waals surface area contributed by atoms with Crippen LogP contribution >= 0.6 is 0 Å². The molecule has 2 heterocycles. The average molecular weight is 284 g/mol. The first-order valence-electron chi connectivity index (χ1n) is 7.79. The number of morpholine rings is 1. The quantitative estimate of drug-likeness (QED) is 0.843. The molecule has 2 saturated heterocycles. The molecule has 118 valence electrons. The molecule has 0 aromatic rings. The number of hydrogen-bond acceptors (Lipinski definition) is 4. The molecule has 3 atom stereocenters. The molecular formula is C16H32N2O2. The van der Waals surface area contributed by atoms with Crippen molar-refractivity contribution in [2.45, 2.75) is 77.4 Å². The number of nitrogens with zero attached hydrogens (tertiary/aromatic N) is 1. The Morgan fingerprint density at radius 1 is 1.10 bits per heavy atom. The lowest BCUT2D eigenvalue weighted by Crippen LogP contribution is -2.56. The second-order valence-corrected chi connectivity index (χ2v) is 8.32. The summed E-state index contributed by atoms with van der Waals surface area (Å²) < 4.78 is 12.2. The van der Waals surface area contributed by atoms with Crippen LogP contribution in [0, 0.1) is 5.92 Å². The minimum atomic E-state index is -0.248. The van der Waals surface area contributed by atoms with Crippen LogP contribution in [0.4, 0.5) is 0 Å². The molecule has 0 saturated carbocycles. The number of ether oxygens (including phenoxy) is 2. The molecule has 20 heavy (non-hydrogen) atoms. The van der Waals surface area contributed by atoms with Gasteiger partial charge in [-0.2, -0.15) is 0 Å². The molecule has 2 fully saturated rings. The highest BCUT2D eigenvalue weighted by Crippen LogP contribution is 2.42. The molecular weight excluding hydrogens is 252 g/mol. The van der Waals surface area contributed by atoms with Crippen molar-refractivity contribution in [3.8, 4) is 0 Å². The molecule has 3 unspecified atom stereocenters. The van der Waals surface area contributed by atoms with Gasteiger partial charge in [0, 0.05) is 31.6 Å². The summed E-state index contributed by atoms with van der Waals surface area (Å²) in [4.78, 5) is 2.49. The highest BCUT2D eigenvalue weighted by molar-refractivity contribution is 5.05. The topological polar surface area (TPSA) is 47.7 Å². The van der Waals surface area contributed by atoms with Crippen LogP contribution in [0.1, 0.15) is 48.5 Å². The van der Waals surface area contributed by atoms with Crippen molar-refractivity contribution in [3.05, 3.63) is 0 Å². The fraction of sp³-hybridized carbons (Fsp3) is 1.00. The first kappa shape index (κ1) is 16.2.